The van der Waals surface area contributed by atoms with Gasteiger partial charge in [-0.1, -0.05) is 43.5 Å². The average Bonchev–Trinajstić information content (AvgIpc) is 2.62. The lowest BCUT2D eigenvalue weighted by Gasteiger charge is -2.10. The summed E-state index contributed by atoms with van der Waals surface area (Å²) >= 11 is 0. The Hall–Kier alpha value is -2.82. The molecular formula is C21H27N3O2. The van der Waals surface area contributed by atoms with E-state index in [-0.39, 0.29) is 18.4 Å². The van der Waals surface area contributed by atoms with E-state index in [9.17, 15) is 9.59 Å². The molecule has 0 fully saturated rings. The Bertz CT molecular complexity index is 726. The molecule has 0 aliphatic carbocycles. The molecule has 5 nitrogen and oxygen atoms in total. The average molecular weight is 353 g/mol. The van der Waals surface area contributed by atoms with Gasteiger partial charge in [0.15, 0.2) is 0 Å². The molecule has 138 valence electrons. The highest BCUT2D eigenvalue weighted by Crippen LogP contribution is 2.16. The van der Waals surface area contributed by atoms with E-state index < -0.39 is 0 Å². The van der Waals surface area contributed by atoms with E-state index in [1.165, 1.54) is 5.56 Å². The number of nitrogens with one attached hydrogen (secondary N) is 3. The van der Waals surface area contributed by atoms with E-state index in [0.717, 1.165) is 24.9 Å². The zero-order valence-electron chi connectivity index (χ0n) is 15.5. The molecule has 0 saturated carbocycles. The molecule has 2 aromatic carbocycles. The zero-order valence-corrected chi connectivity index (χ0v) is 15.5. The van der Waals surface area contributed by atoms with Gasteiger partial charge in [0.1, 0.15) is 0 Å². The van der Waals surface area contributed by atoms with Gasteiger partial charge in [0.05, 0.1) is 6.54 Å². The van der Waals surface area contributed by atoms with Gasteiger partial charge in [-0.15, -0.1) is 0 Å². The molecule has 0 saturated heterocycles. The number of carbonyl (C=O) groups is 2. The van der Waals surface area contributed by atoms with Gasteiger partial charge >= 0.3 is 0 Å². The smallest absolute Gasteiger partial charge is 0.243 e. The van der Waals surface area contributed by atoms with Crippen molar-refractivity contribution in [3.8, 4) is 0 Å². The molecule has 0 unspecified atom stereocenters. The molecule has 2 rings (SSSR count). The van der Waals surface area contributed by atoms with Crippen LogP contribution in [0.3, 0.4) is 0 Å². The topological polar surface area (TPSA) is 70.2 Å². The second-order valence-electron chi connectivity index (χ2n) is 6.35. The van der Waals surface area contributed by atoms with Gasteiger partial charge in [0.2, 0.25) is 11.8 Å². The minimum absolute atomic E-state index is 0.00274. The molecule has 2 aromatic rings. The summed E-state index contributed by atoms with van der Waals surface area (Å²) in [4.78, 5) is 24.0. The van der Waals surface area contributed by atoms with Crippen LogP contribution in [0.5, 0.6) is 0 Å². The van der Waals surface area contributed by atoms with Crippen LogP contribution >= 0.6 is 0 Å². The Morgan fingerprint density at radius 3 is 2.15 bits per heavy atom. The zero-order chi connectivity index (χ0) is 18.8. The van der Waals surface area contributed by atoms with Crippen molar-refractivity contribution in [1.29, 1.82) is 0 Å². The minimum atomic E-state index is -0.142. The number of aryl methyl sites for hydroxylation is 1. The van der Waals surface area contributed by atoms with Crippen molar-refractivity contribution in [1.82, 2.24) is 0 Å². The van der Waals surface area contributed by atoms with E-state index in [4.69, 9.17) is 0 Å². The second-order valence-corrected chi connectivity index (χ2v) is 6.35. The monoisotopic (exact) mass is 353 g/mol. The highest BCUT2D eigenvalue weighted by atomic mass is 16.2. The van der Waals surface area contributed by atoms with Crippen molar-refractivity contribution in [2.24, 2.45) is 0 Å². The van der Waals surface area contributed by atoms with E-state index in [0.29, 0.717) is 17.8 Å². The van der Waals surface area contributed by atoms with E-state index in [1.54, 1.807) is 12.1 Å². The van der Waals surface area contributed by atoms with Crippen molar-refractivity contribution >= 4 is 28.9 Å². The van der Waals surface area contributed by atoms with Gasteiger partial charge in [-0.25, -0.2) is 0 Å². The third-order valence-corrected chi connectivity index (χ3v) is 3.94. The van der Waals surface area contributed by atoms with Gasteiger partial charge in [0, 0.05) is 23.5 Å². The lowest BCUT2D eigenvalue weighted by atomic mass is 10.2. The number of anilines is 3. The Morgan fingerprint density at radius 1 is 0.846 bits per heavy atom. The summed E-state index contributed by atoms with van der Waals surface area (Å²) in [6.07, 6.45) is 3.55. The van der Waals surface area contributed by atoms with Crippen LogP contribution in [0.15, 0.2) is 48.5 Å². The minimum Gasteiger partial charge on any atom is -0.376 e. The molecule has 0 spiro atoms. The van der Waals surface area contributed by atoms with Crippen LogP contribution < -0.4 is 16.0 Å². The SMILES string of the molecule is CCCCCC(=O)Nc1cccc(NC(=O)CNc2ccc(C)cc2)c1. The Kier molecular flexibility index (Phi) is 7.68. The lowest BCUT2D eigenvalue weighted by molar-refractivity contribution is -0.116. The fourth-order valence-corrected chi connectivity index (χ4v) is 2.49. The summed E-state index contributed by atoms with van der Waals surface area (Å²) in [5, 5.41) is 8.79. The molecule has 0 aromatic heterocycles. The fraction of sp³-hybridized carbons (Fsp3) is 0.333. The van der Waals surface area contributed by atoms with Crippen LogP contribution in [-0.2, 0) is 9.59 Å². The molecule has 0 aliphatic heterocycles. The summed E-state index contributed by atoms with van der Waals surface area (Å²) in [6, 6.07) is 15.1. The standard InChI is InChI=1S/C21H27N3O2/c1-3-4-5-9-20(25)23-18-7-6-8-19(14-18)24-21(26)15-22-17-12-10-16(2)11-13-17/h6-8,10-14,22H,3-5,9,15H2,1-2H3,(H,23,25)(H,24,26). The van der Waals surface area contributed by atoms with E-state index >= 15 is 0 Å². The molecule has 0 radical (unpaired) electrons. The highest BCUT2D eigenvalue weighted by Gasteiger charge is 2.05. The van der Waals surface area contributed by atoms with Crippen molar-refractivity contribution in [2.45, 2.75) is 39.5 Å². The van der Waals surface area contributed by atoms with Crippen molar-refractivity contribution < 1.29 is 9.59 Å². The van der Waals surface area contributed by atoms with Gasteiger partial charge in [0.25, 0.3) is 0 Å². The molecular weight excluding hydrogens is 326 g/mol. The summed E-state index contributed by atoms with van der Waals surface area (Å²) in [6.45, 7) is 4.31. The molecule has 0 bridgehead atoms. The fourth-order valence-electron chi connectivity index (χ4n) is 2.49. The summed E-state index contributed by atoms with van der Waals surface area (Å²) in [5.74, 6) is -0.139. The number of hydrogen-bond donors (Lipinski definition) is 3. The third-order valence-electron chi connectivity index (χ3n) is 3.94. The van der Waals surface area contributed by atoms with Gasteiger partial charge in [-0.05, 0) is 43.7 Å². The maximum absolute atomic E-state index is 12.1. The van der Waals surface area contributed by atoms with Gasteiger partial charge < -0.3 is 16.0 Å². The summed E-state index contributed by atoms with van der Waals surface area (Å²) < 4.78 is 0. The number of benzene rings is 2. The van der Waals surface area contributed by atoms with Crippen LogP contribution in [0, 0.1) is 6.92 Å². The lowest BCUT2D eigenvalue weighted by Crippen LogP contribution is -2.21. The van der Waals surface area contributed by atoms with Crippen LogP contribution in [0.4, 0.5) is 17.1 Å². The number of unbranched alkanes of at least 4 members (excludes halogenated alkanes) is 2. The molecule has 26 heavy (non-hydrogen) atoms. The number of amides is 2. The third kappa shape index (κ3) is 6.97. The molecule has 0 atom stereocenters. The number of carbonyl (C=O) groups excluding carboxylic acids is 2. The van der Waals surface area contributed by atoms with Crippen molar-refractivity contribution in [2.75, 3.05) is 22.5 Å². The molecule has 2 amide bonds. The maximum atomic E-state index is 12.1. The normalized spacial score (nSPS) is 10.2. The molecule has 5 heteroatoms. The summed E-state index contributed by atoms with van der Waals surface area (Å²) in [7, 11) is 0. The van der Waals surface area contributed by atoms with Crippen LogP contribution in [0.2, 0.25) is 0 Å². The van der Waals surface area contributed by atoms with Gasteiger partial charge in [-0.2, -0.15) is 0 Å². The Labute approximate surface area is 155 Å². The first-order valence-corrected chi connectivity index (χ1v) is 9.07. The summed E-state index contributed by atoms with van der Waals surface area (Å²) in [5.41, 5.74) is 3.43. The first-order valence-electron chi connectivity index (χ1n) is 9.07. The quantitative estimate of drug-likeness (QED) is 0.579. The Morgan fingerprint density at radius 2 is 1.50 bits per heavy atom. The Balaban J connectivity index is 1.82. The number of rotatable bonds is 9. The predicted octanol–water partition coefficient (Wildman–Crippen LogP) is 4.56. The van der Waals surface area contributed by atoms with E-state index in [2.05, 4.69) is 22.9 Å². The van der Waals surface area contributed by atoms with Crippen molar-refractivity contribution in [3.05, 3.63) is 54.1 Å². The largest absolute Gasteiger partial charge is 0.376 e. The van der Waals surface area contributed by atoms with Crippen LogP contribution in [0.25, 0.3) is 0 Å². The second kappa shape index (κ2) is 10.2. The molecule has 3 N–H and O–H groups in total. The van der Waals surface area contributed by atoms with Crippen LogP contribution in [-0.4, -0.2) is 18.4 Å². The maximum Gasteiger partial charge on any atom is 0.243 e. The number of hydrogen-bond acceptors (Lipinski definition) is 3. The highest BCUT2D eigenvalue weighted by molar-refractivity contribution is 5.95. The van der Waals surface area contributed by atoms with Crippen molar-refractivity contribution in [3.63, 3.8) is 0 Å². The first kappa shape index (κ1) is 19.5. The van der Waals surface area contributed by atoms with Crippen LogP contribution in [0.1, 0.15) is 38.2 Å². The first-order chi connectivity index (χ1) is 12.6. The molecule has 0 heterocycles. The molecule has 0 aliphatic rings. The predicted molar refractivity (Wildman–Crippen MR) is 108 cm³/mol. The van der Waals surface area contributed by atoms with E-state index in [1.807, 2.05) is 43.3 Å². The van der Waals surface area contributed by atoms with Gasteiger partial charge in [-0.3, -0.25) is 9.59 Å².